The number of aliphatic hydroxyl groups excluding tert-OH is 3. The van der Waals surface area contributed by atoms with Crippen LogP contribution in [0.4, 0.5) is 0 Å². The van der Waals surface area contributed by atoms with Crippen molar-refractivity contribution in [3.63, 3.8) is 0 Å². The molecule has 0 saturated heterocycles. The van der Waals surface area contributed by atoms with E-state index in [2.05, 4.69) is 67.8 Å². The van der Waals surface area contributed by atoms with Crippen LogP contribution in [-0.2, 0) is 4.79 Å². The van der Waals surface area contributed by atoms with Gasteiger partial charge < -0.3 is 20.6 Å². The van der Waals surface area contributed by atoms with Gasteiger partial charge in [0.25, 0.3) is 0 Å². The van der Waals surface area contributed by atoms with Crippen molar-refractivity contribution in [3.05, 3.63) is 60.8 Å². The monoisotopic (exact) mass is 896 g/mol. The van der Waals surface area contributed by atoms with Crippen LogP contribution in [0.15, 0.2) is 60.8 Å². The first kappa shape index (κ1) is 62.1. The minimum atomic E-state index is -0.961. The number of carbonyl (C=O) groups is 1. The number of hydrogen-bond donors (Lipinski definition) is 4. The first-order valence-corrected chi connectivity index (χ1v) is 28.1. The fourth-order valence-corrected chi connectivity index (χ4v) is 8.46. The molecule has 5 nitrogen and oxygen atoms in total. The number of carbonyl (C=O) groups excluding carboxylic acids is 1. The second-order valence-electron chi connectivity index (χ2n) is 19.2. The van der Waals surface area contributed by atoms with Crippen LogP contribution in [0, 0.1) is 0 Å². The van der Waals surface area contributed by atoms with Crippen LogP contribution in [0.3, 0.4) is 0 Å². The lowest BCUT2D eigenvalue weighted by Crippen LogP contribution is -2.45. The summed E-state index contributed by atoms with van der Waals surface area (Å²) in [6.45, 7) is 4.19. The summed E-state index contributed by atoms with van der Waals surface area (Å²) in [7, 11) is 0. The molecule has 5 heteroatoms. The molecule has 374 valence electrons. The molecule has 0 rings (SSSR count). The van der Waals surface area contributed by atoms with E-state index >= 15 is 0 Å². The zero-order chi connectivity index (χ0) is 46.5. The fraction of sp³-hybridized carbons (Fsp3) is 0.814. The lowest BCUT2D eigenvalue weighted by Gasteiger charge is -2.21. The van der Waals surface area contributed by atoms with E-state index < -0.39 is 18.2 Å². The molecule has 4 N–H and O–H groups in total. The normalized spacial score (nSPS) is 13.8. The Morgan fingerprint density at radius 1 is 0.406 bits per heavy atom. The fourth-order valence-electron chi connectivity index (χ4n) is 8.46. The highest BCUT2D eigenvalue weighted by atomic mass is 16.3. The van der Waals surface area contributed by atoms with Gasteiger partial charge in [-0.05, 0) is 77.0 Å². The Labute approximate surface area is 399 Å². The van der Waals surface area contributed by atoms with Crippen LogP contribution < -0.4 is 5.32 Å². The number of allylic oxidation sites excluding steroid dienone is 9. The number of aliphatic hydroxyl groups is 3. The molecule has 0 aliphatic carbocycles. The maximum absolute atomic E-state index is 12.5. The molecule has 0 bridgehead atoms. The van der Waals surface area contributed by atoms with E-state index in [4.69, 9.17) is 0 Å². The van der Waals surface area contributed by atoms with E-state index in [9.17, 15) is 20.1 Å². The highest BCUT2D eigenvalue weighted by Gasteiger charge is 2.20. The maximum Gasteiger partial charge on any atom is 0.222 e. The van der Waals surface area contributed by atoms with Crippen molar-refractivity contribution in [1.82, 2.24) is 5.32 Å². The molecule has 0 heterocycles. The van der Waals surface area contributed by atoms with Gasteiger partial charge in [-0.3, -0.25) is 4.79 Å². The molecule has 0 aromatic carbocycles. The van der Waals surface area contributed by atoms with Gasteiger partial charge in [0.05, 0.1) is 31.3 Å². The molecule has 0 spiro atoms. The van der Waals surface area contributed by atoms with Crippen LogP contribution >= 0.6 is 0 Å². The summed E-state index contributed by atoms with van der Waals surface area (Å²) in [5.41, 5.74) is 0. The third-order valence-corrected chi connectivity index (χ3v) is 12.8. The van der Waals surface area contributed by atoms with Crippen LogP contribution in [0.25, 0.3) is 0 Å². The highest BCUT2D eigenvalue weighted by molar-refractivity contribution is 5.76. The molecule has 0 fully saturated rings. The van der Waals surface area contributed by atoms with E-state index in [1.165, 1.54) is 212 Å². The van der Waals surface area contributed by atoms with Gasteiger partial charge in [0, 0.05) is 0 Å². The van der Waals surface area contributed by atoms with Gasteiger partial charge in [-0.1, -0.05) is 261 Å². The summed E-state index contributed by atoms with van der Waals surface area (Å²) in [6, 6.07) is -0.769. The largest absolute Gasteiger partial charge is 0.394 e. The number of nitrogens with one attached hydrogen (secondary N) is 1. The minimum absolute atomic E-state index is 0.00120. The van der Waals surface area contributed by atoms with Crippen molar-refractivity contribution in [1.29, 1.82) is 0 Å². The second kappa shape index (κ2) is 53.7. The number of amides is 1. The van der Waals surface area contributed by atoms with Crippen molar-refractivity contribution >= 4 is 5.91 Å². The second-order valence-corrected chi connectivity index (χ2v) is 19.2. The molecule has 3 unspecified atom stereocenters. The Hall–Kier alpha value is -1.95. The molecule has 3 atom stereocenters. The van der Waals surface area contributed by atoms with Crippen molar-refractivity contribution in [2.45, 2.75) is 302 Å². The van der Waals surface area contributed by atoms with Gasteiger partial charge in [0.1, 0.15) is 0 Å². The van der Waals surface area contributed by atoms with Gasteiger partial charge in [-0.2, -0.15) is 0 Å². The predicted molar refractivity (Wildman–Crippen MR) is 282 cm³/mol. The Kier molecular flexibility index (Phi) is 52.0. The summed E-state index contributed by atoms with van der Waals surface area (Å²) < 4.78 is 0. The molecule has 0 radical (unpaired) electrons. The summed E-state index contributed by atoms with van der Waals surface area (Å²) in [5.74, 6) is -0.330. The van der Waals surface area contributed by atoms with E-state index in [1.807, 2.05) is 6.08 Å². The van der Waals surface area contributed by atoms with E-state index in [-0.39, 0.29) is 18.9 Å². The number of rotatable bonds is 51. The molecule has 0 aromatic rings. The number of unbranched alkanes of at least 4 members (excludes halogenated alkanes) is 34. The molecule has 0 saturated carbocycles. The summed E-state index contributed by atoms with van der Waals surface area (Å²) >= 11 is 0. The van der Waals surface area contributed by atoms with Crippen LogP contribution in [0.1, 0.15) is 284 Å². The third kappa shape index (κ3) is 49.5. The highest BCUT2D eigenvalue weighted by Crippen LogP contribution is 2.16. The van der Waals surface area contributed by atoms with Gasteiger partial charge in [0.15, 0.2) is 0 Å². The Balaban J connectivity index is 3.54. The summed E-state index contributed by atoms with van der Waals surface area (Å²) in [4.78, 5) is 12.5. The SMILES string of the molecule is CCCCCC/C=C/CC/C=C/CC/C=C/C(O)C(CO)NC(=O)CC(O)CCCCCCCCCCCCCCCCC/C=C\C/C=C\CCCCCCCCCCCCCCC. The average Bonchev–Trinajstić information content (AvgIpc) is 3.29. The first-order valence-electron chi connectivity index (χ1n) is 28.1. The number of hydrogen-bond acceptors (Lipinski definition) is 4. The van der Waals surface area contributed by atoms with Crippen molar-refractivity contribution in [2.24, 2.45) is 0 Å². The zero-order valence-corrected chi connectivity index (χ0v) is 42.7. The van der Waals surface area contributed by atoms with Crippen LogP contribution in [0.2, 0.25) is 0 Å². The standard InChI is InChI=1S/C59H109NO4/c1-3-5-7-9-11-13-15-17-19-20-21-22-23-24-25-26-27-28-29-30-31-32-33-34-35-36-37-38-39-40-42-44-46-48-50-52-56(62)54-59(64)60-57(55-61)58(63)53-51-49-47-45-43-41-18-16-14-12-10-8-6-4-2/h14,16,25-26,28-29,43,45,51,53,56-58,61-63H,3-13,15,17-24,27,30-42,44,46-50,52,54-55H2,1-2H3,(H,60,64)/b16-14+,26-25-,29-28-,45-43+,53-51+. The lowest BCUT2D eigenvalue weighted by molar-refractivity contribution is -0.124. The molecule has 0 aliphatic heterocycles. The molecular formula is C59H109NO4. The lowest BCUT2D eigenvalue weighted by atomic mass is 10.0. The van der Waals surface area contributed by atoms with Gasteiger partial charge in [-0.15, -0.1) is 0 Å². The Morgan fingerprint density at radius 2 is 0.719 bits per heavy atom. The van der Waals surface area contributed by atoms with Gasteiger partial charge >= 0.3 is 0 Å². The maximum atomic E-state index is 12.5. The van der Waals surface area contributed by atoms with Gasteiger partial charge in [0.2, 0.25) is 5.91 Å². The van der Waals surface area contributed by atoms with Crippen LogP contribution in [0.5, 0.6) is 0 Å². The Bertz CT molecular complexity index is 1080. The average molecular weight is 897 g/mol. The minimum Gasteiger partial charge on any atom is -0.394 e. The first-order chi connectivity index (χ1) is 31.5. The topological polar surface area (TPSA) is 89.8 Å². The predicted octanol–water partition coefficient (Wildman–Crippen LogP) is 17.4. The van der Waals surface area contributed by atoms with E-state index in [0.29, 0.717) is 6.42 Å². The van der Waals surface area contributed by atoms with Crippen molar-refractivity contribution in [2.75, 3.05) is 6.61 Å². The summed E-state index contributed by atoms with van der Waals surface area (Å²) in [6.07, 6.45) is 72.8. The Morgan fingerprint density at radius 3 is 1.11 bits per heavy atom. The van der Waals surface area contributed by atoms with Gasteiger partial charge in [-0.25, -0.2) is 0 Å². The van der Waals surface area contributed by atoms with Crippen molar-refractivity contribution in [3.8, 4) is 0 Å². The zero-order valence-electron chi connectivity index (χ0n) is 42.7. The molecule has 1 amide bonds. The van der Waals surface area contributed by atoms with Crippen molar-refractivity contribution < 1.29 is 20.1 Å². The van der Waals surface area contributed by atoms with E-state index in [1.54, 1.807) is 6.08 Å². The third-order valence-electron chi connectivity index (χ3n) is 12.8. The molecule has 0 aliphatic rings. The van der Waals surface area contributed by atoms with E-state index in [0.717, 1.165) is 44.9 Å². The summed E-state index contributed by atoms with van der Waals surface area (Å²) in [5, 5.41) is 33.3. The molecular weight excluding hydrogens is 787 g/mol. The quantitative estimate of drug-likeness (QED) is 0.0362. The smallest absolute Gasteiger partial charge is 0.222 e. The molecule has 64 heavy (non-hydrogen) atoms. The van der Waals surface area contributed by atoms with Crippen LogP contribution in [-0.4, -0.2) is 46.1 Å². The molecule has 0 aromatic heterocycles.